The lowest BCUT2D eigenvalue weighted by atomic mass is 10.0. The van der Waals surface area contributed by atoms with E-state index in [0.29, 0.717) is 23.5 Å². The van der Waals surface area contributed by atoms with Gasteiger partial charge in [0.15, 0.2) is 17.8 Å². The van der Waals surface area contributed by atoms with E-state index in [0.717, 1.165) is 0 Å². The number of fused-ring (bicyclic) bond motifs is 1. The summed E-state index contributed by atoms with van der Waals surface area (Å²) < 4.78 is 79.4. The Morgan fingerprint density at radius 1 is 1.21 bits per heavy atom. The molecule has 5 nitrogen and oxygen atoms in total. The van der Waals surface area contributed by atoms with E-state index in [1.165, 1.54) is 16.7 Å². The van der Waals surface area contributed by atoms with Crippen molar-refractivity contribution in [1.29, 1.82) is 0 Å². The molecule has 0 aromatic heterocycles. The van der Waals surface area contributed by atoms with Gasteiger partial charge < -0.3 is 20.9 Å². The van der Waals surface area contributed by atoms with Crippen LogP contribution in [-0.4, -0.2) is 53.7 Å². The lowest BCUT2D eigenvalue weighted by molar-refractivity contribution is -0.183. The van der Waals surface area contributed by atoms with E-state index in [-0.39, 0.29) is 38.0 Å². The molecule has 0 spiro atoms. The Bertz CT molecular complexity index is 840. The number of hydrogen-bond donors (Lipinski definition) is 2. The number of rotatable bonds is 4. The third-order valence-corrected chi connectivity index (χ3v) is 5.07. The third kappa shape index (κ3) is 4.44. The van der Waals surface area contributed by atoms with Gasteiger partial charge in [0.05, 0.1) is 12.2 Å². The summed E-state index contributed by atoms with van der Waals surface area (Å²) in [5.74, 6) is -3.90. The Balaban J connectivity index is 1.61. The number of alkyl halides is 3. The van der Waals surface area contributed by atoms with Gasteiger partial charge in [0, 0.05) is 37.3 Å². The highest BCUT2D eigenvalue weighted by atomic mass is 19.4. The van der Waals surface area contributed by atoms with Gasteiger partial charge in [-0.1, -0.05) is 0 Å². The highest BCUT2D eigenvalue weighted by molar-refractivity contribution is 5.77. The van der Waals surface area contributed by atoms with Gasteiger partial charge in [-0.25, -0.2) is 13.2 Å². The molecule has 1 aromatic carbocycles. The average molecular weight is 422 g/mol. The Labute approximate surface area is 163 Å². The van der Waals surface area contributed by atoms with Gasteiger partial charge in [-0.2, -0.15) is 13.2 Å². The SMILES string of the molecule is CC1=C2CN(C(=O)CC(N)Cc3cc(F)c(F)cc3F)CCN2C(C(F)(F)F)N1. The average Bonchev–Trinajstić information content (AvgIpc) is 2.96. The molecule has 2 aliphatic rings. The molecule has 0 bridgehead atoms. The van der Waals surface area contributed by atoms with Crippen molar-refractivity contribution in [2.75, 3.05) is 19.6 Å². The fourth-order valence-corrected chi connectivity index (χ4v) is 3.60. The molecule has 2 unspecified atom stereocenters. The lowest BCUT2D eigenvalue weighted by Crippen LogP contribution is -2.55. The van der Waals surface area contributed by atoms with E-state index in [9.17, 15) is 31.1 Å². The van der Waals surface area contributed by atoms with Crippen molar-refractivity contribution in [2.24, 2.45) is 5.73 Å². The number of nitrogens with two attached hydrogens (primary N) is 1. The molecule has 1 aromatic rings. The summed E-state index contributed by atoms with van der Waals surface area (Å²) in [7, 11) is 0. The molecule has 29 heavy (non-hydrogen) atoms. The quantitative estimate of drug-likeness (QED) is 0.577. The predicted octanol–water partition coefficient (Wildman–Crippen LogP) is 2.23. The molecule has 1 amide bonds. The van der Waals surface area contributed by atoms with Gasteiger partial charge >= 0.3 is 6.18 Å². The summed E-state index contributed by atoms with van der Waals surface area (Å²) in [6.07, 6.45) is -6.66. The molecule has 3 N–H and O–H groups in total. The first-order chi connectivity index (χ1) is 13.5. The maximum Gasteiger partial charge on any atom is 0.427 e. The van der Waals surface area contributed by atoms with E-state index in [1.54, 1.807) is 0 Å². The molecule has 160 valence electrons. The van der Waals surface area contributed by atoms with Gasteiger partial charge in [0.2, 0.25) is 5.91 Å². The number of halogens is 6. The highest BCUT2D eigenvalue weighted by Crippen LogP contribution is 2.33. The Morgan fingerprint density at radius 3 is 2.52 bits per heavy atom. The molecular weight excluding hydrogens is 402 g/mol. The zero-order chi connectivity index (χ0) is 21.5. The van der Waals surface area contributed by atoms with Gasteiger partial charge in [-0.05, 0) is 25.0 Å². The van der Waals surface area contributed by atoms with Crippen LogP contribution in [0.3, 0.4) is 0 Å². The second-order valence-electron chi connectivity index (χ2n) is 7.19. The summed E-state index contributed by atoms with van der Waals surface area (Å²) in [4.78, 5) is 15.1. The van der Waals surface area contributed by atoms with Crippen molar-refractivity contribution >= 4 is 5.91 Å². The van der Waals surface area contributed by atoms with Crippen LogP contribution in [0, 0.1) is 17.5 Å². The number of allylic oxidation sites excluding steroid dienone is 1. The largest absolute Gasteiger partial charge is 0.427 e. The number of nitrogens with one attached hydrogen (secondary N) is 1. The topological polar surface area (TPSA) is 61.6 Å². The zero-order valence-electron chi connectivity index (χ0n) is 15.5. The molecule has 2 aliphatic heterocycles. The van der Waals surface area contributed by atoms with Crippen molar-refractivity contribution in [3.8, 4) is 0 Å². The second kappa shape index (κ2) is 7.77. The van der Waals surface area contributed by atoms with Crippen LogP contribution in [0.5, 0.6) is 0 Å². The molecule has 2 atom stereocenters. The lowest BCUT2D eigenvalue weighted by Gasteiger charge is -2.38. The third-order valence-electron chi connectivity index (χ3n) is 5.07. The predicted molar refractivity (Wildman–Crippen MR) is 91.6 cm³/mol. The first-order valence-electron chi connectivity index (χ1n) is 8.93. The Morgan fingerprint density at radius 2 is 1.86 bits per heavy atom. The molecule has 1 fully saturated rings. The summed E-state index contributed by atoms with van der Waals surface area (Å²) in [5, 5.41) is 2.39. The molecule has 0 aliphatic carbocycles. The van der Waals surface area contributed by atoms with Crippen molar-refractivity contribution in [2.45, 2.75) is 38.1 Å². The molecule has 3 rings (SSSR count). The number of piperazine rings is 1. The highest BCUT2D eigenvalue weighted by Gasteiger charge is 2.49. The van der Waals surface area contributed by atoms with Crippen LogP contribution in [0.25, 0.3) is 0 Å². The molecule has 2 heterocycles. The van der Waals surface area contributed by atoms with E-state index in [4.69, 9.17) is 5.73 Å². The van der Waals surface area contributed by atoms with Gasteiger partial charge in [0.1, 0.15) is 5.82 Å². The van der Waals surface area contributed by atoms with Crippen molar-refractivity contribution in [3.63, 3.8) is 0 Å². The first-order valence-corrected chi connectivity index (χ1v) is 8.93. The number of hydrogen-bond acceptors (Lipinski definition) is 4. The Kier molecular flexibility index (Phi) is 5.70. The molecule has 11 heteroatoms. The van der Waals surface area contributed by atoms with Crippen LogP contribution >= 0.6 is 0 Å². The van der Waals surface area contributed by atoms with Crippen LogP contribution in [-0.2, 0) is 11.2 Å². The number of carbonyl (C=O) groups is 1. The minimum atomic E-state index is -4.45. The fraction of sp³-hybridized carbons (Fsp3) is 0.500. The summed E-state index contributed by atoms with van der Waals surface area (Å²) in [6, 6.07) is 0.251. The minimum Gasteiger partial charge on any atom is -0.360 e. The van der Waals surface area contributed by atoms with E-state index in [2.05, 4.69) is 5.32 Å². The van der Waals surface area contributed by atoms with Crippen LogP contribution in [0.15, 0.2) is 23.5 Å². The fourth-order valence-electron chi connectivity index (χ4n) is 3.60. The van der Waals surface area contributed by atoms with E-state index in [1.807, 2.05) is 0 Å². The Hall–Kier alpha value is -2.43. The van der Waals surface area contributed by atoms with Crippen molar-refractivity contribution in [3.05, 3.63) is 46.5 Å². The normalized spacial score (nSPS) is 20.6. The number of amides is 1. The monoisotopic (exact) mass is 422 g/mol. The number of carbonyl (C=O) groups excluding carboxylic acids is 1. The van der Waals surface area contributed by atoms with Gasteiger partial charge in [-0.3, -0.25) is 4.79 Å². The van der Waals surface area contributed by atoms with Crippen LogP contribution in [0.4, 0.5) is 26.3 Å². The minimum absolute atomic E-state index is 0.00261. The zero-order valence-corrected chi connectivity index (χ0v) is 15.5. The van der Waals surface area contributed by atoms with E-state index < -0.39 is 41.7 Å². The number of benzene rings is 1. The summed E-state index contributed by atoms with van der Waals surface area (Å²) >= 11 is 0. The maximum absolute atomic E-state index is 13.7. The molecule has 0 saturated carbocycles. The van der Waals surface area contributed by atoms with Gasteiger partial charge in [-0.15, -0.1) is 0 Å². The standard InChI is InChI=1S/C18H20F6N4O/c1-9-15-8-27(2-3-28(15)17(26-9)18(22,23)24)16(29)6-11(25)4-10-5-13(20)14(21)7-12(10)19/h5,7,11,17,26H,2-4,6,8,25H2,1H3. The van der Waals surface area contributed by atoms with Gasteiger partial charge in [0.25, 0.3) is 0 Å². The van der Waals surface area contributed by atoms with Crippen LogP contribution in [0.1, 0.15) is 18.9 Å². The van der Waals surface area contributed by atoms with Crippen molar-refractivity contribution < 1.29 is 31.1 Å². The molecule has 0 radical (unpaired) electrons. The first kappa shape index (κ1) is 21.3. The molecular formula is C18H20F6N4O. The van der Waals surface area contributed by atoms with Crippen molar-refractivity contribution in [1.82, 2.24) is 15.1 Å². The summed E-state index contributed by atoms with van der Waals surface area (Å²) in [5.41, 5.74) is 6.44. The number of nitrogens with zero attached hydrogens (tertiary/aromatic N) is 2. The smallest absolute Gasteiger partial charge is 0.360 e. The van der Waals surface area contributed by atoms with E-state index >= 15 is 0 Å². The second-order valence-corrected chi connectivity index (χ2v) is 7.19. The van der Waals surface area contributed by atoms with Crippen LogP contribution in [0.2, 0.25) is 0 Å². The van der Waals surface area contributed by atoms with Crippen LogP contribution < -0.4 is 11.1 Å². The maximum atomic E-state index is 13.7. The summed E-state index contributed by atoms with van der Waals surface area (Å²) in [6.45, 7) is 1.59. The molecule has 1 saturated heterocycles.